The van der Waals surface area contributed by atoms with Gasteiger partial charge >= 0.3 is 5.97 Å². The first-order valence-corrected chi connectivity index (χ1v) is 7.24. The lowest BCUT2D eigenvalue weighted by atomic mass is 9.95. The number of esters is 1. The molecule has 1 aromatic heterocycles. The third-order valence-electron chi connectivity index (χ3n) is 3.79. The highest BCUT2D eigenvalue weighted by molar-refractivity contribution is 5.69. The number of hydrogen-bond donors (Lipinski definition) is 1. The van der Waals surface area contributed by atoms with E-state index in [2.05, 4.69) is 6.07 Å². The third-order valence-corrected chi connectivity index (χ3v) is 3.79. The van der Waals surface area contributed by atoms with E-state index in [0.29, 0.717) is 37.4 Å². The van der Waals surface area contributed by atoms with E-state index < -0.39 is 0 Å². The summed E-state index contributed by atoms with van der Waals surface area (Å²) in [4.78, 5) is 11.4. The van der Waals surface area contributed by atoms with Crippen LogP contribution in [0.15, 0.2) is 0 Å². The van der Waals surface area contributed by atoms with Crippen LogP contribution in [0.2, 0.25) is 0 Å². The summed E-state index contributed by atoms with van der Waals surface area (Å²) in [6.45, 7) is 2.89. The average molecular weight is 275 g/mol. The van der Waals surface area contributed by atoms with Crippen molar-refractivity contribution in [3.63, 3.8) is 0 Å². The van der Waals surface area contributed by atoms with Crippen molar-refractivity contribution in [2.75, 3.05) is 12.3 Å². The number of hydrogen-bond acceptors (Lipinski definition) is 4. The molecule has 2 rings (SSSR count). The van der Waals surface area contributed by atoms with Gasteiger partial charge in [-0.15, -0.1) is 0 Å². The summed E-state index contributed by atoms with van der Waals surface area (Å²) in [6.07, 6.45) is 5.25. The molecule has 1 aromatic rings. The predicted octanol–water partition coefficient (Wildman–Crippen LogP) is 2.16. The van der Waals surface area contributed by atoms with Crippen molar-refractivity contribution in [2.45, 2.75) is 52.0 Å². The molecule has 5 nitrogen and oxygen atoms in total. The Hall–Kier alpha value is -1.96. The first kappa shape index (κ1) is 14.4. The Morgan fingerprint density at radius 1 is 1.45 bits per heavy atom. The highest BCUT2D eigenvalue weighted by atomic mass is 16.5. The Kier molecular flexibility index (Phi) is 4.67. The van der Waals surface area contributed by atoms with Crippen LogP contribution in [0.4, 0.5) is 5.82 Å². The molecule has 0 saturated heterocycles. The number of ether oxygens (including phenoxy) is 1. The highest BCUT2D eigenvalue weighted by Crippen LogP contribution is 2.31. The van der Waals surface area contributed by atoms with Gasteiger partial charge in [0.25, 0.3) is 0 Å². The molecule has 0 bridgehead atoms. The van der Waals surface area contributed by atoms with Crippen molar-refractivity contribution in [3.05, 3.63) is 16.8 Å². The van der Waals surface area contributed by atoms with Crippen molar-refractivity contribution < 1.29 is 9.53 Å². The van der Waals surface area contributed by atoms with E-state index in [0.717, 1.165) is 31.2 Å². The summed E-state index contributed by atoms with van der Waals surface area (Å²) in [5.74, 6) is 0.385. The summed E-state index contributed by atoms with van der Waals surface area (Å²) in [7, 11) is 0. The number of nitrogens with zero attached hydrogens (tertiary/aromatic N) is 2. The van der Waals surface area contributed by atoms with E-state index >= 15 is 0 Å². The quantitative estimate of drug-likeness (QED) is 0.835. The van der Waals surface area contributed by atoms with Crippen LogP contribution in [-0.4, -0.2) is 17.1 Å². The number of carbonyl (C=O) groups is 1. The van der Waals surface area contributed by atoms with E-state index in [9.17, 15) is 10.1 Å². The second-order valence-corrected chi connectivity index (χ2v) is 5.06. The maximum atomic E-state index is 11.4. The standard InChI is InChI=1S/C15H21N3O2/c1-2-20-14(19)8-5-9-18-13-7-4-3-6-11(13)12(10-16)15(18)17/h2-9,17H2,1H3. The van der Waals surface area contributed by atoms with Crippen LogP contribution in [0.1, 0.15) is 49.4 Å². The van der Waals surface area contributed by atoms with Gasteiger partial charge in [-0.2, -0.15) is 5.26 Å². The number of nitrogens with two attached hydrogens (primary N) is 1. The molecule has 1 heterocycles. The van der Waals surface area contributed by atoms with Gasteiger partial charge in [0.05, 0.1) is 12.2 Å². The summed E-state index contributed by atoms with van der Waals surface area (Å²) >= 11 is 0. The largest absolute Gasteiger partial charge is 0.466 e. The van der Waals surface area contributed by atoms with Gasteiger partial charge in [0.15, 0.2) is 0 Å². The lowest BCUT2D eigenvalue weighted by molar-refractivity contribution is -0.143. The zero-order chi connectivity index (χ0) is 14.5. The van der Waals surface area contributed by atoms with Gasteiger partial charge < -0.3 is 15.0 Å². The third kappa shape index (κ3) is 2.79. The first-order chi connectivity index (χ1) is 9.69. The monoisotopic (exact) mass is 275 g/mol. The molecule has 0 fully saturated rings. The molecule has 0 aromatic carbocycles. The molecular formula is C15H21N3O2. The molecule has 1 aliphatic rings. The Morgan fingerprint density at radius 3 is 2.90 bits per heavy atom. The molecule has 2 N–H and O–H groups in total. The highest BCUT2D eigenvalue weighted by Gasteiger charge is 2.23. The number of fused-ring (bicyclic) bond motifs is 1. The molecule has 0 atom stereocenters. The lowest BCUT2D eigenvalue weighted by Gasteiger charge is -2.15. The molecular weight excluding hydrogens is 254 g/mol. The maximum Gasteiger partial charge on any atom is 0.305 e. The van der Waals surface area contributed by atoms with Crippen molar-refractivity contribution in [1.82, 2.24) is 4.57 Å². The summed E-state index contributed by atoms with van der Waals surface area (Å²) < 4.78 is 6.94. The molecule has 20 heavy (non-hydrogen) atoms. The Balaban J connectivity index is 2.10. The zero-order valence-corrected chi connectivity index (χ0v) is 11.9. The van der Waals surface area contributed by atoms with E-state index in [1.54, 1.807) is 6.92 Å². The van der Waals surface area contributed by atoms with Gasteiger partial charge in [-0.25, -0.2) is 0 Å². The predicted molar refractivity (Wildman–Crippen MR) is 76.1 cm³/mol. The topological polar surface area (TPSA) is 81.0 Å². The van der Waals surface area contributed by atoms with Crippen LogP contribution in [-0.2, 0) is 28.9 Å². The Morgan fingerprint density at radius 2 is 2.20 bits per heavy atom. The zero-order valence-electron chi connectivity index (χ0n) is 11.9. The molecule has 0 unspecified atom stereocenters. The van der Waals surface area contributed by atoms with Crippen molar-refractivity contribution >= 4 is 11.8 Å². The fraction of sp³-hybridized carbons (Fsp3) is 0.600. The van der Waals surface area contributed by atoms with Gasteiger partial charge in [-0.3, -0.25) is 4.79 Å². The molecule has 0 saturated carbocycles. The number of carbonyl (C=O) groups excluding carboxylic acids is 1. The van der Waals surface area contributed by atoms with E-state index in [4.69, 9.17) is 10.5 Å². The molecule has 0 aliphatic heterocycles. The lowest BCUT2D eigenvalue weighted by Crippen LogP contribution is -2.12. The molecule has 0 radical (unpaired) electrons. The summed E-state index contributed by atoms with van der Waals surface area (Å²) in [5.41, 5.74) is 9.04. The second kappa shape index (κ2) is 6.47. The Bertz CT molecular complexity index is 540. The van der Waals surface area contributed by atoms with Crippen LogP contribution >= 0.6 is 0 Å². The van der Waals surface area contributed by atoms with Gasteiger partial charge in [-0.05, 0) is 44.6 Å². The molecule has 5 heteroatoms. The molecule has 1 aliphatic carbocycles. The van der Waals surface area contributed by atoms with E-state index in [-0.39, 0.29) is 5.97 Å². The normalized spacial score (nSPS) is 13.6. The van der Waals surface area contributed by atoms with Gasteiger partial charge in [0, 0.05) is 18.7 Å². The van der Waals surface area contributed by atoms with Crippen LogP contribution in [0.25, 0.3) is 0 Å². The molecule has 0 amide bonds. The minimum atomic E-state index is -0.174. The number of rotatable bonds is 5. The van der Waals surface area contributed by atoms with Crippen molar-refractivity contribution in [3.8, 4) is 6.07 Å². The summed E-state index contributed by atoms with van der Waals surface area (Å²) in [5, 5.41) is 9.25. The minimum absolute atomic E-state index is 0.174. The molecule has 0 spiro atoms. The van der Waals surface area contributed by atoms with E-state index in [1.807, 2.05) is 4.57 Å². The van der Waals surface area contributed by atoms with Gasteiger partial charge in [-0.1, -0.05) is 0 Å². The number of aromatic nitrogens is 1. The first-order valence-electron chi connectivity index (χ1n) is 7.24. The van der Waals surface area contributed by atoms with Crippen LogP contribution in [0.5, 0.6) is 0 Å². The molecule has 108 valence electrons. The minimum Gasteiger partial charge on any atom is -0.466 e. The van der Waals surface area contributed by atoms with Crippen LogP contribution in [0, 0.1) is 11.3 Å². The van der Waals surface area contributed by atoms with Crippen LogP contribution in [0.3, 0.4) is 0 Å². The Labute approximate surface area is 119 Å². The van der Waals surface area contributed by atoms with Gasteiger partial charge in [0.1, 0.15) is 11.9 Å². The summed E-state index contributed by atoms with van der Waals surface area (Å²) in [6, 6.07) is 2.23. The van der Waals surface area contributed by atoms with Gasteiger partial charge in [0.2, 0.25) is 0 Å². The maximum absolute atomic E-state index is 11.4. The SMILES string of the molecule is CCOC(=O)CCCn1c(N)c(C#N)c2c1CCCC2. The second-order valence-electron chi connectivity index (χ2n) is 5.06. The van der Waals surface area contributed by atoms with Crippen LogP contribution < -0.4 is 5.73 Å². The number of nitriles is 1. The average Bonchev–Trinajstić information content (AvgIpc) is 2.71. The fourth-order valence-corrected chi connectivity index (χ4v) is 2.89. The number of nitrogen functional groups attached to an aromatic ring is 1. The van der Waals surface area contributed by atoms with E-state index in [1.165, 1.54) is 5.69 Å². The fourth-order valence-electron chi connectivity index (χ4n) is 2.89. The smallest absolute Gasteiger partial charge is 0.305 e. The van der Waals surface area contributed by atoms with Crippen molar-refractivity contribution in [1.29, 1.82) is 5.26 Å². The van der Waals surface area contributed by atoms with Crippen molar-refractivity contribution in [2.24, 2.45) is 0 Å². The number of anilines is 1.